The predicted molar refractivity (Wildman–Crippen MR) is 50.2 cm³/mol. The number of carbonyl (C=O) groups is 2. The van der Waals surface area contributed by atoms with Gasteiger partial charge in [0.2, 0.25) is 0 Å². The topological polar surface area (TPSA) is 134 Å². The van der Waals surface area contributed by atoms with Crippen molar-refractivity contribution in [3.8, 4) is 0 Å². The van der Waals surface area contributed by atoms with Crippen molar-refractivity contribution in [1.82, 2.24) is 10.3 Å². The van der Waals surface area contributed by atoms with Crippen molar-refractivity contribution in [2.45, 2.75) is 19.0 Å². The van der Waals surface area contributed by atoms with Gasteiger partial charge in [-0.1, -0.05) is 6.07 Å². The van der Waals surface area contributed by atoms with Crippen LogP contribution in [-0.4, -0.2) is 23.0 Å². The molecule has 1 heterocycles. The van der Waals surface area contributed by atoms with Crippen LogP contribution < -0.4 is 15.5 Å². The van der Waals surface area contributed by atoms with Crippen molar-refractivity contribution in [1.29, 1.82) is 0 Å². The average molecular weight is 289 g/mol. The average Bonchev–Trinajstić information content (AvgIpc) is 2.25. The van der Waals surface area contributed by atoms with Crippen molar-refractivity contribution < 1.29 is 43.8 Å². The van der Waals surface area contributed by atoms with E-state index in [2.05, 4.69) is 10.3 Å². The molecular formula is C10H10N2O5V. The van der Waals surface area contributed by atoms with Crippen LogP contribution in [0.1, 0.15) is 12.1 Å². The predicted octanol–water partition coefficient (Wildman–Crippen LogP) is -2.69. The zero-order valence-electron chi connectivity index (χ0n) is 9.24. The maximum absolute atomic E-state index is 10.6. The normalized spacial score (nSPS) is 10.7. The summed E-state index contributed by atoms with van der Waals surface area (Å²) < 4.78 is 0. The van der Waals surface area contributed by atoms with E-state index in [1.165, 1.54) is 0 Å². The van der Waals surface area contributed by atoms with Gasteiger partial charge >= 0.3 is 18.6 Å². The van der Waals surface area contributed by atoms with Crippen LogP contribution in [0.15, 0.2) is 24.4 Å². The van der Waals surface area contributed by atoms with Gasteiger partial charge in [-0.15, -0.1) is 0 Å². The molecule has 1 N–H and O–H groups in total. The van der Waals surface area contributed by atoms with Crippen LogP contribution in [0.3, 0.4) is 0 Å². The fraction of sp³-hybridized carbons (Fsp3) is 0.300. The molecule has 0 unspecified atom stereocenters. The van der Waals surface area contributed by atoms with Crippen LogP contribution in [0.4, 0.5) is 0 Å². The molecule has 7 nitrogen and oxygen atoms in total. The Hall–Kier alpha value is -1.41. The van der Waals surface area contributed by atoms with Crippen LogP contribution in [0.25, 0.3) is 0 Å². The number of pyridine rings is 1. The Morgan fingerprint density at radius 3 is 2.44 bits per heavy atom. The van der Waals surface area contributed by atoms with E-state index in [1.54, 1.807) is 24.4 Å². The summed E-state index contributed by atoms with van der Waals surface area (Å²) in [6, 6.07) is 3.89. The van der Waals surface area contributed by atoms with Gasteiger partial charge in [-0.3, -0.25) is 4.98 Å². The summed E-state index contributed by atoms with van der Waals surface area (Å²) in [6.45, 7) is 0.159. The first-order valence-corrected chi connectivity index (χ1v) is 4.63. The number of rotatable bonds is 6. The first kappa shape index (κ1) is 18.9. The molecule has 0 bridgehead atoms. The summed E-state index contributed by atoms with van der Waals surface area (Å²) in [5.74, 6) is -2.91. The molecule has 0 aliphatic carbocycles. The molecule has 1 atom stereocenters. The van der Waals surface area contributed by atoms with E-state index in [0.29, 0.717) is 5.69 Å². The third kappa shape index (κ3) is 7.02. The first-order valence-electron chi connectivity index (χ1n) is 4.63. The Balaban J connectivity index is 0. The zero-order valence-corrected chi connectivity index (χ0v) is 10.6. The molecule has 1 aromatic rings. The van der Waals surface area contributed by atoms with Gasteiger partial charge in [-0.25, -0.2) is 0 Å². The molecule has 95 valence electrons. The van der Waals surface area contributed by atoms with E-state index in [9.17, 15) is 19.8 Å². The molecule has 0 aliphatic heterocycles. The van der Waals surface area contributed by atoms with Crippen molar-refractivity contribution in [2.24, 2.45) is 0 Å². The van der Waals surface area contributed by atoms with Gasteiger partial charge in [0, 0.05) is 25.1 Å². The van der Waals surface area contributed by atoms with Crippen LogP contribution >= 0.6 is 0 Å². The van der Waals surface area contributed by atoms with Gasteiger partial charge in [0.15, 0.2) is 0 Å². The largest absolute Gasteiger partial charge is 4.00 e. The fourth-order valence-corrected chi connectivity index (χ4v) is 1.14. The van der Waals surface area contributed by atoms with Crippen LogP contribution in [0.2, 0.25) is 0 Å². The van der Waals surface area contributed by atoms with Crippen LogP contribution in [-0.2, 0) is 40.2 Å². The maximum atomic E-state index is 10.6. The third-order valence-corrected chi connectivity index (χ3v) is 1.91. The summed E-state index contributed by atoms with van der Waals surface area (Å²) in [5, 5.41) is 23.4. The molecule has 1 rings (SSSR count). The number of nitrogens with one attached hydrogen (secondary N) is 1. The number of carboxylic acid groups (broad SMARTS) is 2. The minimum absolute atomic E-state index is 0. The number of carboxylic acids is 2. The summed E-state index contributed by atoms with van der Waals surface area (Å²) in [4.78, 5) is 24.8. The number of nitrogens with zero attached hydrogens (tertiary/aromatic N) is 1. The molecule has 1 radical (unpaired) electrons. The fourth-order valence-electron chi connectivity index (χ4n) is 1.14. The zero-order chi connectivity index (χ0) is 12.0. The van der Waals surface area contributed by atoms with E-state index in [4.69, 9.17) is 0 Å². The van der Waals surface area contributed by atoms with Gasteiger partial charge in [-0.2, -0.15) is 0 Å². The van der Waals surface area contributed by atoms with Gasteiger partial charge in [0.05, 0.1) is 17.7 Å². The molecular weight excluding hydrogens is 279 g/mol. The summed E-state index contributed by atoms with van der Waals surface area (Å²) in [7, 11) is 0. The van der Waals surface area contributed by atoms with E-state index in [1.807, 2.05) is 0 Å². The summed E-state index contributed by atoms with van der Waals surface area (Å²) in [6.07, 6.45) is 0.930. The summed E-state index contributed by atoms with van der Waals surface area (Å²) in [5.41, 5.74) is 0.618. The number of aliphatic carboxylic acids is 2. The van der Waals surface area contributed by atoms with E-state index in [-0.39, 0.29) is 30.6 Å². The quantitative estimate of drug-likeness (QED) is 0.606. The number of hydrogen-bond donors (Lipinski definition) is 1. The SMILES string of the molecule is O=C([O-])C[C@H](NCc1ccccn1)C(=O)[O-].[O-2].[V+4]. The van der Waals surface area contributed by atoms with Gasteiger partial charge in [-0.05, 0) is 12.1 Å². The minimum Gasteiger partial charge on any atom is -2.00 e. The van der Waals surface area contributed by atoms with Crippen molar-refractivity contribution >= 4 is 11.9 Å². The van der Waals surface area contributed by atoms with Gasteiger partial charge in [0.25, 0.3) is 0 Å². The molecule has 0 spiro atoms. The Morgan fingerprint density at radius 1 is 1.33 bits per heavy atom. The van der Waals surface area contributed by atoms with Crippen molar-refractivity contribution in [3.63, 3.8) is 0 Å². The van der Waals surface area contributed by atoms with Crippen LogP contribution in [0, 0.1) is 0 Å². The number of aromatic nitrogens is 1. The first-order chi connectivity index (χ1) is 7.59. The number of hydrogen-bond acceptors (Lipinski definition) is 6. The second-order valence-electron chi connectivity index (χ2n) is 3.15. The molecule has 0 aliphatic rings. The molecule has 0 aromatic carbocycles. The maximum Gasteiger partial charge on any atom is 4.00 e. The van der Waals surface area contributed by atoms with Crippen molar-refractivity contribution in [2.75, 3.05) is 0 Å². The molecule has 0 saturated heterocycles. The standard InChI is InChI=1S/C10H12N2O4.O.V/c13-9(14)5-8(10(15)16)12-6-7-3-1-2-4-11-7;;/h1-4,8,12H,5-6H2,(H,13,14)(H,15,16);;/q;-2;+4/p-2/t8-;;/m0../s1. The Kier molecular flexibility index (Phi) is 10.1. The molecule has 0 amide bonds. The van der Waals surface area contributed by atoms with Crippen molar-refractivity contribution in [3.05, 3.63) is 30.1 Å². The van der Waals surface area contributed by atoms with Gasteiger partial charge in [0.1, 0.15) is 0 Å². The third-order valence-electron chi connectivity index (χ3n) is 1.91. The second kappa shape index (κ2) is 9.61. The Labute approximate surface area is 115 Å². The Morgan fingerprint density at radius 2 is 2.00 bits per heavy atom. The van der Waals surface area contributed by atoms with E-state index >= 15 is 0 Å². The van der Waals surface area contributed by atoms with Gasteiger partial charge < -0.3 is 30.6 Å². The Bertz CT molecular complexity index is 374. The summed E-state index contributed by atoms with van der Waals surface area (Å²) >= 11 is 0. The van der Waals surface area contributed by atoms with Crippen LogP contribution in [0.5, 0.6) is 0 Å². The molecule has 8 heteroatoms. The second-order valence-corrected chi connectivity index (χ2v) is 3.15. The van der Waals surface area contributed by atoms with E-state index in [0.717, 1.165) is 0 Å². The smallest absolute Gasteiger partial charge is 2.00 e. The minimum atomic E-state index is -1.47. The van der Waals surface area contributed by atoms with E-state index < -0.39 is 24.4 Å². The number of carbonyl (C=O) groups excluding carboxylic acids is 2. The molecule has 0 fully saturated rings. The molecule has 1 aromatic heterocycles. The molecule has 18 heavy (non-hydrogen) atoms. The monoisotopic (exact) mass is 289 g/mol. The molecule has 0 saturated carbocycles.